The predicted molar refractivity (Wildman–Crippen MR) is 89.9 cm³/mol. The topological polar surface area (TPSA) is 60.3 Å². The number of nitrogens with zero attached hydrogens (tertiary/aromatic N) is 1. The number of carbonyl (C=O) groups excluding carboxylic acids is 1. The number of rotatable bonds is 7. The summed E-state index contributed by atoms with van der Waals surface area (Å²) in [6, 6.07) is 12.0. The number of amides is 1. The van der Waals surface area contributed by atoms with E-state index >= 15 is 0 Å². The Kier molecular flexibility index (Phi) is 6.23. The van der Waals surface area contributed by atoms with Crippen molar-refractivity contribution in [3.63, 3.8) is 0 Å². The smallest absolute Gasteiger partial charge is 0.250 e. The van der Waals surface area contributed by atoms with Gasteiger partial charge in [-0.3, -0.25) is 9.59 Å². The first-order chi connectivity index (χ1) is 11.0. The van der Waals surface area contributed by atoms with Gasteiger partial charge in [-0.05, 0) is 37.3 Å². The summed E-state index contributed by atoms with van der Waals surface area (Å²) in [4.78, 5) is 23.4. The van der Waals surface area contributed by atoms with Crippen molar-refractivity contribution in [1.29, 1.82) is 0 Å². The first kappa shape index (κ1) is 17.1. The lowest BCUT2D eigenvalue weighted by atomic mass is 10.3. The molecule has 0 aliphatic rings. The van der Waals surface area contributed by atoms with Crippen LogP contribution in [-0.2, 0) is 11.3 Å². The lowest BCUT2D eigenvalue weighted by Crippen LogP contribution is -2.34. The molecule has 0 radical (unpaired) electrons. The highest BCUT2D eigenvalue weighted by Gasteiger charge is 2.07. The Morgan fingerprint density at radius 3 is 2.70 bits per heavy atom. The van der Waals surface area contributed by atoms with Gasteiger partial charge in [0.25, 0.3) is 5.56 Å². The zero-order valence-electron chi connectivity index (χ0n) is 12.9. The fraction of sp³-hybridized carbons (Fsp3) is 0.294. The van der Waals surface area contributed by atoms with E-state index in [-0.39, 0.29) is 24.0 Å². The molecule has 0 spiro atoms. The quantitative estimate of drug-likeness (QED) is 0.846. The Morgan fingerprint density at radius 2 is 2.00 bits per heavy atom. The number of halogens is 1. The van der Waals surface area contributed by atoms with Crippen LogP contribution in [0.4, 0.5) is 0 Å². The fourth-order valence-electron chi connectivity index (χ4n) is 2.00. The van der Waals surface area contributed by atoms with Crippen molar-refractivity contribution >= 4 is 17.5 Å². The number of pyridine rings is 1. The summed E-state index contributed by atoms with van der Waals surface area (Å²) in [7, 11) is 0. The van der Waals surface area contributed by atoms with E-state index in [0.717, 1.165) is 0 Å². The minimum Gasteiger partial charge on any atom is -0.489 e. The fourth-order valence-corrected chi connectivity index (χ4v) is 2.13. The maximum Gasteiger partial charge on any atom is 0.250 e. The number of ether oxygens (including phenoxy) is 1. The number of benzene rings is 1. The minimum atomic E-state index is -0.167. The number of nitrogens with one attached hydrogen (secondary N) is 1. The molecule has 0 aliphatic carbocycles. The Labute approximate surface area is 139 Å². The van der Waals surface area contributed by atoms with Gasteiger partial charge in [-0.1, -0.05) is 17.7 Å². The predicted octanol–water partition coefficient (Wildman–Crippen LogP) is 2.48. The van der Waals surface area contributed by atoms with E-state index in [2.05, 4.69) is 5.32 Å². The highest BCUT2D eigenvalue weighted by Crippen LogP contribution is 2.16. The molecule has 2 rings (SSSR count). The molecule has 1 aromatic carbocycles. The van der Waals surface area contributed by atoms with Gasteiger partial charge in [0.15, 0.2) is 0 Å². The van der Waals surface area contributed by atoms with Gasteiger partial charge in [-0.15, -0.1) is 0 Å². The van der Waals surface area contributed by atoms with Gasteiger partial charge >= 0.3 is 0 Å². The van der Waals surface area contributed by atoms with Gasteiger partial charge in [0.05, 0.1) is 6.54 Å². The van der Waals surface area contributed by atoms with E-state index in [1.165, 1.54) is 10.6 Å². The Hall–Kier alpha value is -2.27. The molecule has 0 bridgehead atoms. The largest absolute Gasteiger partial charge is 0.489 e. The molecule has 23 heavy (non-hydrogen) atoms. The van der Waals surface area contributed by atoms with Gasteiger partial charge in [0.1, 0.15) is 11.9 Å². The number of hydrogen-bond acceptors (Lipinski definition) is 3. The molecule has 6 heteroatoms. The van der Waals surface area contributed by atoms with Gasteiger partial charge in [0, 0.05) is 30.3 Å². The standard InChI is InChI=1S/C17H19ClN2O3/c1-13(23-15-7-5-14(18)6-8-15)12-19-16(21)9-11-20-10-3-2-4-17(20)22/h2-8,10,13H,9,11-12H2,1H3,(H,19,21)/t13-/m0/s1. The van der Waals surface area contributed by atoms with Crippen LogP contribution < -0.4 is 15.6 Å². The molecule has 1 N–H and O–H groups in total. The number of aromatic nitrogens is 1. The number of carbonyl (C=O) groups is 1. The third-order valence-electron chi connectivity index (χ3n) is 3.22. The van der Waals surface area contributed by atoms with E-state index in [4.69, 9.17) is 16.3 Å². The highest BCUT2D eigenvalue weighted by atomic mass is 35.5. The molecule has 0 fully saturated rings. The summed E-state index contributed by atoms with van der Waals surface area (Å²) >= 11 is 5.81. The van der Waals surface area contributed by atoms with Crippen LogP contribution in [0.5, 0.6) is 5.75 Å². The van der Waals surface area contributed by atoms with E-state index in [9.17, 15) is 9.59 Å². The van der Waals surface area contributed by atoms with Crippen molar-refractivity contribution < 1.29 is 9.53 Å². The van der Waals surface area contributed by atoms with Crippen molar-refractivity contribution in [3.8, 4) is 5.75 Å². The second kappa shape index (κ2) is 8.39. The molecule has 2 aromatic rings. The van der Waals surface area contributed by atoms with Crippen LogP contribution >= 0.6 is 11.6 Å². The normalized spacial score (nSPS) is 11.7. The molecule has 0 unspecified atom stereocenters. The summed E-state index contributed by atoms with van der Waals surface area (Å²) in [5.74, 6) is 0.583. The molecule has 0 saturated carbocycles. The zero-order valence-corrected chi connectivity index (χ0v) is 13.6. The van der Waals surface area contributed by atoms with Crippen molar-refractivity contribution in [2.75, 3.05) is 6.54 Å². The first-order valence-corrected chi connectivity index (χ1v) is 7.77. The molecular weight excluding hydrogens is 316 g/mol. The van der Waals surface area contributed by atoms with Crippen LogP contribution in [0.2, 0.25) is 5.02 Å². The molecule has 1 aromatic heterocycles. The Balaban J connectivity index is 1.72. The average Bonchev–Trinajstić information content (AvgIpc) is 2.54. The van der Waals surface area contributed by atoms with Gasteiger partial charge < -0.3 is 14.6 Å². The number of hydrogen-bond donors (Lipinski definition) is 1. The van der Waals surface area contributed by atoms with Crippen molar-refractivity contribution in [2.45, 2.75) is 26.0 Å². The van der Waals surface area contributed by atoms with Crippen LogP contribution in [0.3, 0.4) is 0 Å². The molecule has 0 saturated heterocycles. The number of aryl methyl sites for hydroxylation is 1. The van der Waals surface area contributed by atoms with Crippen LogP contribution in [0.25, 0.3) is 0 Å². The van der Waals surface area contributed by atoms with Crippen molar-refractivity contribution in [2.24, 2.45) is 0 Å². The molecule has 1 heterocycles. The van der Waals surface area contributed by atoms with Crippen molar-refractivity contribution in [1.82, 2.24) is 9.88 Å². The van der Waals surface area contributed by atoms with Gasteiger partial charge in [-0.25, -0.2) is 0 Å². The van der Waals surface area contributed by atoms with Crippen LogP contribution in [-0.4, -0.2) is 23.1 Å². The summed E-state index contributed by atoms with van der Waals surface area (Å²) < 4.78 is 7.18. The summed E-state index contributed by atoms with van der Waals surface area (Å²) in [6.45, 7) is 2.62. The maximum atomic E-state index is 11.8. The van der Waals surface area contributed by atoms with Crippen LogP contribution in [0, 0.1) is 0 Å². The minimum absolute atomic E-state index is 0.111. The third-order valence-corrected chi connectivity index (χ3v) is 3.47. The maximum absolute atomic E-state index is 11.8. The first-order valence-electron chi connectivity index (χ1n) is 7.39. The highest BCUT2D eigenvalue weighted by molar-refractivity contribution is 6.30. The Bertz CT molecular complexity index is 697. The van der Waals surface area contributed by atoms with E-state index < -0.39 is 0 Å². The zero-order chi connectivity index (χ0) is 16.7. The third kappa shape index (κ3) is 5.79. The second-order valence-electron chi connectivity index (χ2n) is 5.17. The SMILES string of the molecule is C[C@@H](CNC(=O)CCn1ccccc1=O)Oc1ccc(Cl)cc1. The summed E-state index contributed by atoms with van der Waals surface area (Å²) in [6.07, 6.45) is 1.75. The van der Waals surface area contributed by atoms with Crippen molar-refractivity contribution in [3.05, 3.63) is 64.0 Å². The summed E-state index contributed by atoms with van der Waals surface area (Å²) in [5, 5.41) is 3.45. The molecular formula is C17H19ClN2O3. The van der Waals surface area contributed by atoms with Gasteiger partial charge in [-0.2, -0.15) is 0 Å². The monoisotopic (exact) mass is 334 g/mol. The van der Waals surface area contributed by atoms with E-state index in [0.29, 0.717) is 23.9 Å². The lowest BCUT2D eigenvalue weighted by molar-refractivity contribution is -0.121. The molecule has 1 atom stereocenters. The lowest BCUT2D eigenvalue weighted by Gasteiger charge is -2.15. The van der Waals surface area contributed by atoms with E-state index in [1.807, 2.05) is 6.92 Å². The van der Waals surface area contributed by atoms with Crippen LogP contribution in [0.15, 0.2) is 53.5 Å². The molecule has 1 amide bonds. The molecule has 5 nitrogen and oxygen atoms in total. The van der Waals surface area contributed by atoms with E-state index in [1.54, 1.807) is 42.6 Å². The summed E-state index contributed by atoms with van der Waals surface area (Å²) in [5.41, 5.74) is -0.111. The van der Waals surface area contributed by atoms with Gasteiger partial charge in [0.2, 0.25) is 5.91 Å². The average molecular weight is 335 g/mol. The van der Waals surface area contributed by atoms with Crippen LogP contribution in [0.1, 0.15) is 13.3 Å². The Morgan fingerprint density at radius 1 is 1.26 bits per heavy atom. The molecule has 0 aliphatic heterocycles. The second-order valence-corrected chi connectivity index (χ2v) is 5.61. The molecule has 122 valence electrons.